The first-order valence-electron chi connectivity index (χ1n) is 8.75. The fraction of sp³-hybridized carbons (Fsp3) is 0.421. The molecule has 4 nitrogen and oxygen atoms in total. The van der Waals surface area contributed by atoms with Gasteiger partial charge in [0.2, 0.25) is 5.91 Å². The zero-order chi connectivity index (χ0) is 19.3. The lowest BCUT2D eigenvalue weighted by Gasteiger charge is -2.26. The van der Waals surface area contributed by atoms with Crippen LogP contribution in [0.1, 0.15) is 10.4 Å². The average Bonchev–Trinajstić information content (AvgIpc) is 3.10. The summed E-state index contributed by atoms with van der Waals surface area (Å²) in [6.45, 7) is 4.63. The van der Waals surface area contributed by atoms with Crippen molar-refractivity contribution in [2.75, 3.05) is 39.4 Å². The van der Waals surface area contributed by atoms with Gasteiger partial charge in [-0.3, -0.25) is 9.69 Å². The minimum Gasteiger partial charge on any atom is -0.379 e. The third kappa shape index (κ3) is 5.79. The highest BCUT2D eigenvalue weighted by atomic mass is 32.1. The van der Waals surface area contributed by atoms with Crippen LogP contribution in [-0.2, 0) is 22.1 Å². The van der Waals surface area contributed by atoms with Crippen molar-refractivity contribution in [1.82, 2.24) is 10.2 Å². The highest BCUT2D eigenvalue weighted by Gasteiger charge is 2.30. The monoisotopic (exact) mass is 398 g/mol. The molecule has 0 saturated carbocycles. The van der Waals surface area contributed by atoms with Crippen LogP contribution < -0.4 is 5.32 Å². The fourth-order valence-electron chi connectivity index (χ4n) is 2.85. The molecule has 146 valence electrons. The molecule has 8 heteroatoms. The van der Waals surface area contributed by atoms with Crippen LogP contribution in [-0.4, -0.2) is 50.2 Å². The number of morpholine rings is 1. The van der Waals surface area contributed by atoms with Crippen molar-refractivity contribution < 1.29 is 22.7 Å². The number of ether oxygens (including phenoxy) is 1. The quantitative estimate of drug-likeness (QED) is 0.811. The van der Waals surface area contributed by atoms with Gasteiger partial charge < -0.3 is 10.1 Å². The van der Waals surface area contributed by atoms with Crippen LogP contribution >= 0.6 is 11.3 Å². The van der Waals surface area contributed by atoms with Crippen LogP contribution in [0.2, 0.25) is 0 Å². The molecule has 0 spiro atoms. The van der Waals surface area contributed by atoms with Gasteiger partial charge in [0.25, 0.3) is 0 Å². The molecule has 2 heterocycles. The Bertz CT molecular complexity index is 753. The maximum atomic E-state index is 12.6. The number of hydrogen-bond donors (Lipinski definition) is 1. The normalized spacial score (nSPS) is 15.7. The summed E-state index contributed by atoms with van der Waals surface area (Å²) in [6.07, 6.45) is -4.06. The van der Waals surface area contributed by atoms with Crippen molar-refractivity contribution in [3.05, 3.63) is 46.8 Å². The van der Waals surface area contributed by atoms with Gasteiger partial charge in [0.15, 0.2) is 0 Å². The summed E-state index contributed by atoms with van der Waals surface area (Å²) in [4.78, 5) is 16.1. The third-order valence-electron chi connectivity index (χ3n) is 4.35. The Balaban J connectivity index is 1.49. The predicted molar refractivity (Wildman–Crippen MR) is 98.7 cm³/mol. The molecule has 0 radical (unpaired) electrons. The smallest absolute Gasteiger partial charge is 0.379 e. The van der Waals surface area contributed by atoms with E-state index in [-0.39, 0.29) is 12.3 Å². The van der Waals surface area contributed by atoms with E-state index in [0.29, 0.717) is 12.1 Å². The van der Waals surface area contributed by atoms with Gasteiger partial charge in [-0.1, -0.05) is 12.1 Å². The van der Waals surface area contributed by atoms with Crippen molar-refractivity contribution in [2.24, 2.45) is 0 Å². The second-order valence-corrected chi connectivity index (χ2v) is 7.49. The maximum absolute atomic E-state index is 12.6. The predicted octanol–water partition coefficient (Wildman–Crippen LogP) is 3.42. The van der Waals surface area contributed by atoms with Crippen LogP contribution in [0, 0.1) is 0 Å². The number of benzene rings is 1. The average molecular weight is 398 g/mol. The lowest BCUT2D eigenvalue weighted by atomic mass is 10.1. The summed E-state index contributed by atoms with van der Waals surface area (Å²) in [5.41, 5.74) is 0.0506. The van der Waals surface area contributed by atoms with Crippen LogP contribution in [0.15, 0.2) is 36.4 Å². The molecular formula is C19H21F3N2O2S. The van der Waals surface area contributed by atoms with E-state index in [0.717, 1.165) is 54.7 Å². The van der Waals surface area contributed by atoms with Gasteiger partial charge in [-0.05, 0) is 29.8 Å². The second kappa shape index (κ2) is 8.86. The summed E-state index contributed by atoms with van der Waals surface area (Å²) in [6, 6.07) is 8.75. The van der Waals surface area contributed by atoms with Gasteiger partial charge in [0, 0.05) is 35.9 Å². The summed E-state index contributed by atoms with van der Waals surface area (Å²) in [5, 5.41) is 2.91. The first kappa shape index (κ1) is 19.9. The number of nitrogens with zero attached hydrogens (tertiary/aromatic N) is 1. The molecule has 1 aromatic heterocycles. The van der Waals surface area contributed by atoms with E-state index in [9.17, 15) is 18.0 Å². The molecule has 0 bridgehead atoms. The number of carbonyl (C=O) groups excluding carboxylic acids is 1. The Morgan fingerprint density at radius 3 is 2.48 bits per heavy atom. The van der Waals surface area contributed by atoms with Crippen LogP contribution in [0.5, 0.6) is 0 Å². The Morgan fingerprint density at radius 1 is 1.11 bits per heavy atom. The third-order valence-corrected chi connectivity index (χ3v) is 5.48. The second-order valence-electron chi connectivity index (χ2n) is 6.32. The van der Waals surface area contributed by atoms with Gasteiger partial charge in [-0.2, -0.15) is 13.2 Å². The molecule has 1 aromatic carbocycles. The number of carbonyl (C=O) groups is 1. The van der Waals surface area contributed by atoms with Gasteiger partial charge in [0.05, 0.1) is 25.2 Å². The fourth-order valence-corrected chi connectivity index (χ4v) is 3.86. The Morgan fingerprint density at radius 2 is 1.81 bits per heavy atom. The summed E-state index contributed by atoms with van der Waals surface area (Å²) in [5.74, 6) is -0.0518. The minimum absolute atomic E-state index is 0.0518. The topological polar surface area (TPSA) is 41.6 Å². The molecule has 1 amide bonds. The first-order chi connectivity index (χ1) is 12.9. The van der Waals surface area contributed by atoms with Crippen molar-refractivity contribution >= 4 is 17.2 Å². The van der Waals surface area contributed by atoms with E-state index in [4.69, 9.17) is 4.74 Å². The number of nitrogens with one attached hydrogen (secondary N) is 1. The number of halogens is 3. The number of rotatable bonds is 6. The van der Waals surface area contributed by atoms with Crippen molar-refractivity contribution in [3.8, 4) is 10.4 Å². The number of amides is 1. The van der Waals surface area contributed by atoms with Gasteiger partial charge in [-0.25, -0.2) is 0 Å². The van der Waals surface area contributed by atoms with Gasteiger partial charge >= 0.3 is 6.18 Å². The molecule has 1 aliphatic heterocycles. The molecule has 0 aliphatic carbocycles. The van der Waals surface area contributed by atoms with Crippen molar-refractivity contribution in [1.29, 1.82) is 0 Å². The van der Waals surface area contributed by atoms with E-state index < -0.39 is 11.7 Å². The summed E-state index contributed by atoms with van der Waals surface area (Å²) in [7, 11) is 0. The molecule has 1 saturated heterocycles. The van der Waals surface area contributed by atoms with Gasteiger partial charge in [0.1, 0.15) is 0 Å². The van der Waals surface area contributed by atoms with Crippen LogP contribution in [0.3, 0.4) is 0 Å². The zero-order valence-electron chi connectivity index (χ0n) is 14.7. The first-order valence-corrected chi connectivity index (χ1v) is 9.56. The largest absolute Gasteiger partial charge is 0.416 e. The van der Waals surface area contributed by atoms with E-state index in [1.165, 1.54) is 23.5 Å². The summed E-state index contributed by atoms with van der Waals surface area (Å²) >= 11 is 1.42. The number of hydrogen-bond acceptors (Lipinski definition) is 4. The molecular weight excluding hydrogens is 377 g/mol. The van der Waals surface area contributed by atoms with E-state index >= 15 is 0 Å². The van der Waals surface area contributed by atoms with Crippen molar-refractivity contribution in [3.63, 3.8) is 0 Å². The molecule has 1 fully saturated rings. The van der Waals surface area contributed by atoms with E-state index in [2.05, 4.69) is 10.2 Å². The van der Waals surface area contributed by atoms with Crippen molar-refractivity contribution in [2.45, 2.75) is 12.6 Å². The molecule has 3 rings (SSSR count). The highest BCUT2D eigenvalue weighted by molar-refractivity contribution is 7.15. The van der Waals surface area contributed by atoms with E-state index in [1.54, 1.807) is 0 Å². The van der Waals surface area contributed by atoms with Crippen LogP contribution in [0.4, 0.5) is 13.2 Å². The molecule has 2 aromatic rings. The van der Waals surface area contributed by atoms with Gasteiger partial charge in [-0.15, -0.1) is 11.3 Å². The minimum atomic E-state index is -4.33. The lowest BCUT2D eigenvalue weighted by Crippen LogP contribution is -2.41. The number of alkyl halides is 3. The Hall–Kier alpha value is -1.90. The maximum Gasteiger partial charge on any atom is 0.416 e. The standard InChI is InChI=1S/C19H21F3N2O2S/c20-19(21,22)15-3-1-14(2-4-15)17-6-5-16(27-17)13-18(25)23-7-8-24-9-11-26-12-10-24/h1-6H,7-13H2,(H,23,25). The SMILES string of the molecule is O=C(Cc1ccc(-c2ccc(C(F)(F)F)cc2)s1)NCCN1CCOCC1. The highest BCUT2D eigenvalue weighted by Crippen LogP contribution is 2.33. The molecule has 0 atom stereocenters. The molecule has 27 heavy (non-hydrogen) atoms. The molecule has 1 N–H and O–H groups in total. The lowest BCUT2D eigenvalue weighted by molar-refractivity contribution is -0.137. The molecule has 0 unspecified atom stereocenters. The van der Waals surface area contributed by atoms with E-state index in [1.807, 2.05) is 12.1 Å². The summed E-state index contributed by atoms with van der Waals surface area (Å²) < 4.78 is 43.2. The number of thiophene rings is 1. The Kier molecular flexibility index (Phi) is 6.51. The van der Waals surface area contributed by atoms with Crippen LogP contribution in [0.25, 0.3) is 10.4 Å². The molecule has 1 aliphatic rings. The Labute approximate surface area is 159 Å². The zero-order valence-corrected chi connectivity index (χ0v) is 15.5.